The Kier molecular flexibility index (Phi) is 6.31. The molecule has 1 N–H and O–H groups in total. The molecule has 3 heterocycles. The molecule has 31 heavy (non-hydrogen) atoms. The molecule has 0 aromatic carbocycles. The Balaban J connectivity index is 1.78. The van der Waals surface area contributed by atoms with Crippen molar-refractivity contribution in [1.82, 2.24) is 9.29 Å². The first-order chi connectivity index (χ1) is 14.7. The molecule has 1 aromatic heterocycles. The number of hydrogen-bond donors (Lipinski definition) is 1. The Morgan fingerprint density at radius 2 is 1.97 bits per heavy atom. The number of ether oxygens (including phenoxy) is 1. The molecule has 10 heteroatoms. The van der Waals surface area contributed by atoms with Gasteiger partial charge in [-0.2, -0.15) is 23.0 Å². The number of H-pyrrole nitrogens is 1. The van der Waals surface area contributed by atoms with Gasteiger partial charge in [0.05, 0.1) is 47.4 Å². The highest BCUT2D eigenvalue weighted by Gasteiger charge is 2.33. The summed E-state index contributed by atoms with van der Waals surface area (Å²) in [5.41, 5.74) is 2.39. The van der Waals surface area contributed by atoms with Crippen LogP contribution in [0.2, 0.25) is 0 Å². The molecule has 1 fully saturated rings. The second kappa shape index (κ2) is 8.69. The van der Waals surface area contributed by atoms with E-state index >= 15 is 0 Å². The van der Waals surface area contributed by atoms with Crippen LogP contribution >= 0.6 is 11.6 Å². The molecule has 0 atom stereocenters. The molecule has 8 nitrogen and oxygen atoms in total. The third-order valence-corrected chi connectivity index (χ3v) is 8.09. The van der Waals surface area contributed by atoms with Gasteiger partial charge in [0.2, 0.25) is 0 Å². The molecule has 0 saturated heterocycles. The van der Waals surface area contributed by atoms with Gasteiger partial charge in [0, 0.05) is 30.6 Å². The number of allylic oxidation sites excluding steroid dienone is 1. The summed E-state index contributed by atoms with van der Waals surface area (Å²) in [5, 5.41) is 10.9. The highest BCUT2D eigenvalue weighted by atomic mass is 35.5. The predicted molar refractivity (Wildman–Crippen MR) is 122 cm³/mol. The topological polar surface area (TPSA) is 90.4 Å². The van der Waals surface area contributed by atoms with Gasteiger partial charge >= 0.3 is 10.2 Å². The van der Waals surface area contributed by atoms with Crippen molar-refractivity contribution in [1.29, 1.82) is 0 Å². The summed E-state index contributed by atoms with van der Waals surface area (Å²) in [4.78, 5) is 3.43. The lowest BCUT2D eigenvalue weighted by Gasteiger charge is -2.30. The average molecular weight is 468 g/mol. The number of azo groups is 1. The Hall–Kier alpha value is -1.68. The summed E-state index contributed by atoms with van der Waals surface area (Å²) < 4.78 is 34.8. The maximum Gasteiger partial charge on any atom is 0.303 e. The fraction of sp³-hybridized carbons (Fsp3) is 0.619. The number of fused-ring (bicyclic) bond motifs is 3. The fourth-order valence-electron chi connectivity index (χ4n) is 4.55. The minimum absolute atomic E-state index is 0.164. The fourth-order valence-corrected chi connectivity index (χ4v) is 5.83. The van der Waals surface area contributed by atoms with Crippen molar-refractivity contribution in [3.63, 3.8) is 0 Å². The van der Waals surface area contributed by atoms with Gasteiger partial charge in [0.25, 0.3) is 0 Å². The van der Waals surface area contributed by atoms with E-state index in [1.165, 1.54) is 22.7 Å². The number of nitrogens with one attached hydrogen (secondary N) is 1. The summed E-state index contributed by atoms with van der Waals surface area (Å²) >= 11 is 6.33. The maximum atomic E-state index is 13.1. The minimum atomic E-state index is -3.70. The summed E-state index contributed by atoms with van der Waals surface area (Å²) in [6.07, 6.45) is 7.91. The lowest BCUT2D eigenvalue weighted by molar-refractivity contribution is -0.0161. The molecule has 4 rings (SSSR count). The lowest BCUT2D eigenvalue weighted by atomic mass is 9.84. The number of hydrogen-bond acceptors (Lipinski definition) is 5. The lowest BCUT2D eigenvalue weighted by Crippen LogP contribution is -2.42. The monoisotopic (exact) mass is 467 g/mol. The number of aromatic amines is 1. The van der Waals surface area contributed by atoms with Crippen molar-refractivity contribution >= 4 is 39.3 Å². The molecule has 1 aliphatic carbocycles. The van der Waals surface area contributed by atoms with Gasteiger partial charge in [-0.25, -0.2) is 0 Å². The zero-order chi connectivity index (χ0) is 22.3. The van der Waals surface area contributed by atoms with Gasteiger partial charge in [0.15, 0.2) is 0 Å². The molecule has 0 radical (unpaired) electrons. The Labute approximate surface area is 188 Å². The minimum Gasteiger partial charge on any atom is -0.376 e. The Morgan fingerprint density at radius 3 is 2.61 bits per heavy atom. The summed E-state index contributed by atoms with van der Waals surface area (Å²) in [6, 6.07) is 0. The largest absolute Gasteiger partial charge is 0.376 e. The molecule has 1 saturated carbocycles. The van der Waals surface area contributed by atoms with E-state index in [1.807, 2.05) is 0 Å². The first-order valence-electron chi connectivity index (χ1n) is 10.7. The number of rotatable bonds is 5. The van der Waals surface area contributed by atoms with Crippen LogP contribution in [-0.2, 0) is 21.5 Å². The number of halogens is 1. The van der Waals surface area contributed by atoms with Crippen LogP contribution in [0.3, 0.4) is 0 Å². The predicted octanol–water partition coefficient (Wildman–Crippen LogP) is 2.60. The van der Waals surface area contributed by atoms with Gasteiger partial charge in [-0.3, -0.25) is 4.31 Å². The quantitative estimate of drug-likeness (QED) is 0.721. The van der Waals surface area contributed by atoms with Crippen LogP contribution < -0.4 is 15.0 Å². The third-order valence-electron chi connectivity index (χ3n) is 6.02. The smallest absolute Gasteiger partial charge is 0.303 e. The first kappa shape index (κ1) is 22.5. The van der Waals surface area contributed by atoms with E-state index in [2.05, 4.69) is 29.1 Å². The van der Waals surface area contributed by atoms with Gasteiger partial charge in [-0.15, -0.1) is 0 Å². The van der Waals surface area contributed by atoms with E-state index < -0.39 is 10.2 Å². The second-order valence-electron chi connectivity index (χ2n) is 8.74. The zero-order valence-corrected chi connectivity index (χ0v) is 20.0. The number of anilines is 1. The highest BCUT2D eigenvalue weighted by Crippen LogP contribution is 2.35. The molecular weight excluding hydrogens is 438 g/mol. The van der Waals surface area contributed by atoms with Crippen LogP contribution in [0.15, 0.2) is 21.3 Å². The number of nitrogens with zero attached hydrogens (tertiary/aromatic N) is 4. The standard InChI is InChI=1S/C21H30ClN5O3S/c1-13(2)30-16-7-5-14(6-8-16)19-20-17(12-23-25-19)21-18(24-20)11-15(22)9-10-27(21)31(28,29)26(3)4/h9,11,13-14,16,24H,5-8,10,12H2,1-4H3. The Morgan fingerprint density at radius 1 is 1.26 bits per heavy atom. The van der Waals surface area contributed by atoms with Crippen molar-refractivity contribution in [2.45, 2.75) is 58.3 Å². The molecule has 0 unspecified atom stereocenters. The van der Waals surface area contributed by atoms with E-state index in [-0.39, 0.29) is 24.7 Å². The second-order valence-corrected chi connectivity index (χ2v) is 11.2. The maximum absolute atomic E-state index is 13.1. The molecule has 3 aliphatic rings. The van der Waals surface area contributed by atoms with E-state index in [9.17, 15) is 8.42 Å². The highest BCUT2D eigenvalue weighted by molar-refractivity contribution is 7.90. The molecule has 2 aliphatic heterocycles. The molecule has 0 spiro atoms. The van der Waals surface area contributed by atoms with Crippen molar-refractivity contribution in [3.05, 3.63) is 27.4 Å². The van der Waals surface area contributed by atoms with Crippen molar-refractivity contribution in [2.24, 2.45) is 16.1 Å². The molecule has 1 aromatic rings. The summed E-state index contributed by atoms with van der Waals surface area (Å²) in [6.45, 7) is 4.63. The van der Waals surface area contributed by atoms with E-state index in [0.717, 1.165) is 42.3 Å². The average Bonchev–Trinajstić information content (AvgIpc) is 2.96. The first-order valence-corrected chi connectivity index (χ1v) is 12.5. The van der Waals surface area contributed by atoms with Crippen LogP contribution in [0, 0.1) is 5.92 Å². The number of aromatic nitrogens is 1. The van der Waals surface area contributed by atoms with Gasteiger partial charge in [0.1, 0.15) is 0 Å². The van der Waals surface area contributed by atoms with Crippen LogP contribution in [0.25, 0.3) is 11.8 Å². The van der Waals surface area contributed by atoms with Crippen molar-refractivity contribution in [2.75, 3.05) is 24.9 Å². The van der Waals surface area contributed by atoms with E-state index in [1.54, 1.807) is 12.2 Å². The zero-order valence-electron chi connectivity index (χ0n) is 18.4. The summed E-state index contributed by atoms with van der Waals surface area (Å²) in [5.74, 6) is 0.266. The van der Waals surface area contributed by atoms with E-state index in [4.69, 9.17) is 16.3 Å². The van der Waals surface area contributed by atoms with Gasteiger partial charge in [-0.1, -0.05) is 11.6 Å². The Bertz CT molecular complexity index is 1130. The van der Waals surface area contributed by atoms with Crippen LogP contribution in [0.5, 0.6) is 0 Å². The van der Waals surface area contributed by atoms with Gasteiger partial charge < -0.3 is 9.72 Å². The van der Waals surface area contributed by atoms with Crippen molar-refractivity contribution < 1.29 is 13.2 Å². The molecule has 170 valence electrons. The third kappa shape index (κ3) is 4.33. The van der Waals surface area contributed by atoms with Crippen LogP contribution in [-0.4, -0.2) is 50.6 Å². The molecule has 0 amide bonds. The van der Waals surface area contributed by atoms with Crippen molar-refractivity contribution in [3.8, 4) is 0 Å². The normalized spacial score (nSPS) is 24.0. The summed E-state index contributed by atoms with van der Waals surface area (Å²) in [7, 11) is -0.638. The van der Waals surface area contributed by atoms with E-state index in [0.29, 0.717) is 22.6 Å². The van der Waals surface area contributed by atoms with Gasteiger partial charge in [-0.05, 0) is 51.7 Å². The molecule has 0 bridgehead atoms. The van der Waals surface area contributed by atoms with Crippen LogP contribution in [0.4, 0.5) is 5.69 Å². The SMILES string of the molecule is CC(C)OC1CCC(C2=c3[nH]c4c(c3CN=N2)N(S(=O)(=O)N(C)C)CC=C(Cl)C=4)CC1. The van der Waals surface area contributed by atoms with Crippen LogP contribution in [0.1, 0.15) is 45.1 Å². The molecular formula is C21H30ClN5O3S.